The van der Waals surface area contributed by atoms with Crippen LogP contribution < -0.4 is 5.32 Å². The highest BCUT2D eigenvalue weighted by Gasteiger charge is 2.31. The van der Waals surface area contributed by atoms with Gasteiger partial charge in [-0.05, 0) is 65.2 Å². The predicted octanol–water partition coefficient (Wildman–Crippen LogP) is 3.06. The van der Waals surface area contributed by atoms with Gasteiger partial charge in [-0.1, -0.05) is 15.9 Å². The lowest BCUT2D eigenvalue weighted by atomic mass is 9.88. The van der Waals surface area contributed by atoms with Crippen LogP contribution in [0.25, 0.3) is 0 Å². The molecular formula is C14H22BrFN2. The van der Waals surface area contributed by atoms with Crippen LogP contribution in [0.3, 0.4) is 0 Å². The van der Waals surface area contributed by atoms with Gasteiger partial charge in [-0.3, -0.25) is 0 Å². The Balaban J connectivity index is 2.96. The van der Waals surface area contributed by atoms with Crippen LogP contribution in [0.15, 0.2) is 22.7 Å². The summed E-state index contributed by atoms with van der Waals surface area (Å²) in [7, 11) is 6.01. The first-order valence-corrected chi connectivity index (χ1v) is 6.87. The molecule has 0 aliphatic carbocycles. The average Bonchev–Trinajstić information content (AvgIpc) is 2.29. The van der Waals surface area contributed by atoms with Crippen LogP contribution in [0.5, 0.6) is 0 Å². The van der Waals surface area contributed by atoms with Gasteiger partial charge in [0.2, 0.25) is 0 Å². The van der Waals surface area contributed by atoms with Crippen molar-refractivity contribution in [1.82, 2.24) is 10.2 Å². The molecule has 1 aromatic carbocycles. The summed E-state index contributed by atoms with van der Waals surface area (Å²) in [4.78, 5) is 2.16. The lowest BCUT2D eigenvalue weighted by Gasteiger charge is -2.40. The number of rotatable bonds is 5. The van der Waals surface area contributed by atoms with Crippen LogP contribution in [0.2, 0.25) is 0 Å². The van der Waals surface area contributed by atoms with Gasteiger partial charge in [-0.15, -0.1) is 0 Å². The van der Waals surface area contributed by atoms with E-state index in [0.29, 0.717) is 6.42 Å². The summed E-state index contributed by atoms with van der Waals surface area (Å²) in [5.74, 6) is -0.145. The first kappa shape index (κ1) is 15.6. The van der Waals surface area contributed by atoms with E-state index in [-0.39, 0.29) is 17.4 Å². The van der Waals surface area contributed by atoms with Gasteiger partial charge in [-0.2, -0.15) is 0 Å². The Bertz CT molecular complexity index is 405. The zero-order chi connectivity index (χ0) is 13.9. The van der Waals surface area contributed by atoms with E-state index in [4.69, 9.17) is 0 Å². The van der Waals surface area contributed by atoms with Crippen molar-refractivity contribution < 1.29 is 4.39 Å². The lowest BCUT2D eigenvalue weighted by molar-refractivity contribution is 0.141. The molecule has 0 fully saturated rings. The summed E-state index contributed by atoms with van der Waals surface area (Å²) in [6.07, 6.45) is 0.660. The van der Waals surface area contributed by atoms with Gasteiger partial charge in [0.1, 0.15) is 5.82 Å². The highest BCUT2D eigenvalue weighted by atomic mass is 79.9. The lowest BCUT2D eigenvalue weighted by Crippen LogP contribution is -2.55. The van der Waals surface area contributed by atoms with Gasteiger partial charge in [0.05, 0.1) is 0 Å². The average molecular weight is 317 g/mol. The molecule has 0 aromatic heterocycles. The fourth-order valence-corrected chi connectivity index (χ4v) is 2.34. The molecule has 102 valence electrons. The molecule has 1 rings (SSSR count). The summed E-state index contributed by atoms with van der Waals surface area (Å²) in [5, 5.41) is 3.30. The van der Waals surface area contributed by atoms with E-state index in [1.807, 2.05) is 27.2 Å². The Morgan fingerprint density at radius 2 is 2.00 bits per heavy atom. The summed E-state index contributed by atoms with van der Waals surface area (Å²) in [6, 6.07) is 5.26. The maximum absolute atomic E-state index is 13.8. The van der Waals surface area contributed by atoms with Crippen molar-refractivity contribution in [3.05, 3.63) is 34.1 Å². The largest absolute Gasteiger partial charge is 0.315 e. The molecule has 0 heterocycles. The number of nitrogens with one attached hydrogen (secondary N) is 1. The number of hydrogen-bond donors (Lipinski definition) is 1. The highest BCUT2D eigenvalue weighted by molar-refractivity contribution is 9.10. The molecule has 0 bridgehead atoms. The second-order valence-corrected chi connectivity index (χ2v) is 6.24. The number of benzene rings is 1. The SMILES string of the molecule is CNC(Cc1cc(Br)ccc1F)C(C)(C)N(C)C. The molecule has 0 saturated carbocycles. The molecule has 1 atom stereocenters. The topological polar surface area (TPSA) is 15.3 Å². The fraction of sp³-hybridized carbons (Fsp3) is 0.571. The zero-order valence-electron chi connectivity index (χ0n) is 11.7. The van der Waals surface area contributed by atoms with E-state index in [0.717, 1.165) is 10.0 Å². The molecule has 0 spiro atoms. The molecule has 0 saturated heterocycles. The van der Waals surface area contributed by atoms with Crippen molar-refractivity contribution >= 4 is 15.9 Å². The molecule has 1 unspecified atom stereocenters. The third-order valence-electron chi connectivity index (χ3n) is 3.79. The molecule has 0 radical (unpaired) electrons. The van der Waals surface area contributed by atoms with Crippen molar-refractivity contribution in [2.75, 3.05) is 21.1 Å². The monoisotopic (exact) mass is 316 g/mol. The molecule has 0 aliphatic heterocycles. The number of halogens is 2. The van der Waals surface area contributed by atoms with Gasteiger partial charge in [0.25, 0.3) is 0 Å². The van der Waals surface area contributed by atoms with Gasteiger partial charge >= 0.3 is 0 Å². The van der Waals surface area contributed by atoms with E-state index < -0.39 is 0 Å². The number of hydrogen-bond acceptors (Lipinski definition) is 2. The van der Waals surface area contributed by atoms with Crippen molar-refractivity contribution in [2.24, 2.45) is 0 Å². The van der Waals surface area contributed by atoms with Crippen molar-refractivity contribution in [3.8, 4) is 0 Å². The zero-order valence-corrected chi connectivity index (χ0v) is 13.3. The molecule has 0 aliphatic rings. The maximum Gasteiger partial charge on any atom is 0.126 e. The van der Waals surface area contributed by atoms with Crippen LogP contribution in [0, 0.1) is 5.82 Å². The Morgan fingerprint density at radius 3 is 2.50 bits per heavy atom. The summed E-state index contributed by atoms with van der Waals surface area (Å²) in [5.41, 5.74) is 0.683. The number of nitrogens with zero attached hydrogens (tertiary/aromatic N) is 1. The van der Waals surface area contributed by atoms with Gasteiger partial charge in [-0.25, -0.2) is 4.39 Å². The summed E-state index contributed by atoms with van der Waals surface area (Å²) in [6.45, 7) is 4.31. The third-order valence-corrected chi connectivity index (χ3v) is 4.28. The second kappa shape index (κ2) is 6.13. The molecule has 4 heteroatoms. The summed E-state index contributed by atoms with van der Waals surface area (Å²) >= 11 is 3.39. The van der Waals surface area contributed by atoms with Gasteiger partial charge < -0.3 is 10.2 Å². The first-order valence-electron chi connectivity index (χ1n) is 6.07. The Hall–Kier alpha value is -0.450. The van der Waals surface area contributed by atoms with Gasteiger partial charge in [0.15, 0.2) is 0 Å². The van der Waals surface area contributed by atoms with E-state index in [2.05, 4.69) is 40.0 Å². The smallest absolute Gasteiger partial charge is 0.126 e. The van der Waals surface area contributed by atoms with Crippen LogP contribution >= 0.6 is 15.9 Å². The van der Waals surface area contributed by atoms with E-state index in [1.165, 1.54) is 6.07 Å². The minimum atomic E-state index is -0.145. The first-order chi connectivity index (χ1) is 8.28. The molecular weight excluding hydrogens is 295 g/mol. The van der Waals surface area contributed by atoms with Crippen molar-refractivity contribution in [2.45, 2.75) is 31.8 Å². The maximum atomic E-state index is 13.8. The predicted molar refractivity (Wildman–Crippen MR) is 78.4 cm³/mol. The fourth-order valence-electron chi connectivity index (χ4n) is 1.94. The standard InChI is InChI=1S/C14H22BrFN2/c1-14(2,18(4)5)13(17-3)9-10-8-11(15)6-7-12(10)16/h6-8,13,17H,9H2,1-5H3. The van der Waals surface area contributed by atoms with Crippen LogP contribution in [-0.4, -0.2) is 37.6 Å². The van der Waals surface area contributed by atoms with Gasteiger partial charge in [0, 0.05) is 16.1 Å². The van der Waals surface area contributed by atoms with Crippen LogP contribution in [0.1, 0.15) is 19.4 Å². The van der Waals surface area contributed by atoms with E-state index >= 15 is 0 Å². The molecule has 1 aromatic rings. The quantitative estimate of drug-likeness (QED) is 0.898. The molecule has 2 nitrogen and oxygen atoms in total. The van der Waals surface area contributed by atoms with Crippen LogP contribution in [0.4, 0.5) is 4.39 Å². The minimum absolute atomic E-state index is 0.0521. The minimum Gasteiger partial charge on any atom is -0.315 e. The Morgan fingerprint density at radius 1 is 1.39 bits per heavy atom. The normalized spacial score (nSPS) is 14.0. The highest BCUT2D eigenvalue weighted by Crippen LogP contribution is 2.22. The number of likely N-dealkylation sites (N-methyl/N-ethyl adjacent to an activating group) is 2. The van der Waals surface area contributed by atoms with Crippen molar-refractivity contribution in [3.63, 3.8) is 0 Å². The van der Waals surface area contributed by atoms with Crippen molar-refractivity contribution in [1.29, 1.82) is 0 Å². The van der Waals surface area contributed by atoms with E-state index in [9.17, 15) is 4.39 Å². The molecule has 0 amide bonds. The second-order valence-electron chi connectivity index (χ2n) is 5.33. The molecule has 18 heavy (non-hydrogen) atoms. The van der Waals surface area contributed by atoms with Crippen LogP contribution in [-0.2, 0) is 6.42 Å². The molecule has 1 N–H and O–H groups in total. The third kappa shape index (κ3) is 3.53. The Labute approximate surface area is 118 Å². The Kier molecular flexibility index (Phi) is 5.32. The van der Waals surface area contributed by atoms with E-state index in [1.54, 1.807) is 6.07 Å². The summed E-state index contributed by atoms with van der Waals surface area (Å²) < 4.78 is 14.7.